The molecule has 0 aliphatic heterocycles. The lowest BCUT2D eigenvalue weighted by molar-refractivity contribution is -0.137. The lowest BCUT2D eigenvalue weighted by Crippen LogP contribution is -2.22. The first-order valence-corrected chi connectivity index (χ1v) is 6.86. The zero-order valence-corrected chi connectivity index (χ0v) is 12.9. The molecule has 128 valence electrons. The van der Waals surface area contributed by atoms with Gasteiger partial charge in [0.1, 0.15) is 5.82 Å². The third kappa shape index (κ3) is 4.19. The summed E-state index contributed by atoms with van der Waals surface area (Å²) < 4.78 is 38.6. The van der Waals surface area contributed by atoms with E-state index in [9.17, 15) is 18.0 Å². The molecule has 24 heavy (non-hydrogen) atoms. The van der Waals surface area contributed by atoms with Gasteiger partial charge in [-0.3, -0.25) is 10.0 Å². The van der Waals surface area contributed by atoms with Crippen molar-refractivity contribution in [1.29, 1.82) is 0 Å². The molecule has 0 aliphatic carbocycles. The summed E-state index contributed by atoms with van der Waals surface area (Å²) in [6.45, 7) is 0. The third-order valence-corrected chi connectivity index (χ3v) is 3.14. The summed E-state index contributed by atoms with van der Waals surface area (Å²) in [7, 11) is 3.41. The molecule has 0 unspecified atom stereocenters. The maximum absolute atomic E-state index is 12.9. The number of alkyl halides is 3. The molecule has 0 fully saturated rings. The number of aromatic nitrogens is 2. The zero-order chi connectivity index (χ0) is 17.9. The van der Waals surface area contributed by atoms with Gasteiger partial charge in [-0.25, -0.2) is 15.4 Å². The second-order valence-electron chi connectivity index (χ2n) is 5.23. The fourth-order valence-corrected chi connectivity index (χ4v) is 1.97. The second-order valence-corrected chi connectivity index (χ2v) is 5.23. The van der Waals surface area contributed by atoms with Gasteiger partial charge in [-0.2, -0.15) is 13.2 Å². The molecule has 1 aromatic heterocycles. The minimum absolute atomic E-state index is 0.0630. The Bertz CT molecular complexity index is 748. The van der Waals surface area contributed by atoms with Crippen LogP contribution in [0.15, 0.2) is 30.3 Å². The largest absolute Gasteiger partial charge is 0.416 e. The Hall–Kier alpha value is -2.68. The van der Waals surface area contributed by atoms with Crippen molar-refractivity contribution in [2.24, 2.45) is 0 Å². The van der Waals surface area contributed by atoms with Crippen LogP contribution in [-0.2, 0) is 17.4 Å². The van der Waals surface area contributed by atoms with Gasteiger partial charge >= 0.3 is 6.18 Å². The van der Waals surface area contributed by atoms with Crippen LogP contribution in [0.3, 0.4) is 0 Å². The Morgan fingerprint density at radius 2 is 1.96 bits per heavy atom. The van der Waals surface area contributed by atoms with E-state index >= 15 is 0 Å². The lowest BCUT2D eigenvalue weighted by Gasteiger charge is -2.14. The number of hydrogen-bond donors (Lipinski definition) is 2. The van der Waals surface area contributed by atoms with Crippen LogP contribution in [0.2, 0.25) is 0 Å². The molecule has 2 rings (SSSR count). The zero-order valence-electron chi connectivity index (χ0n) is 12.9. The number of nitrogens with zero attached hydrogens (tertiary/aromatic N) is 3. The number of halogens is 3. The summed E-state index contributed by atoms with van der Waals surface area (Å²) in [5, 5.41) is 8.61. The quantitative estimate of drug-likeness (QED) is 0.659. The summed E-state index contributed by atoms with van der Waals surface area (Å²) in [6.07, 6.45) is -4.71. The van der Waals surface area contributed by atoms with E-state index in [2.05, 4.69) is 9.97 Å². The Labute approximate surface area is 135 Å². The van der Waals surface area contributed by atoms with Crippen molar-refractivity contribution >= 4 is 11.7 Å². The Morgan fingerprint density at radius 1 is 1.25 bits per heavy atom. The third-order valence-electron chi connectivity index (χ3n) is 3.14. The number of amides is 1. The highest BCUT2D eigenvalue weighted by molar-refractivity contribution is 5.77. The molecular formula is C15H15F3N4O2. The Morgan fingerprint density at radius 3 is 2.54 bits per heavy atom. The van der Waals surface area contributed by atoms with Gasteiger partial charge in [-0.1, -0.05) is 12.1 Å². The molecule has 1 heterocycles. The Balaban J connectivity index is 2.51. The molecule has 1 amide bonds. The topological polar surface area (TPSA) is 78.4 Å². The van der Waals surface area contributed by atoms with Gasteiger partial charge in [0, 0.05) is 25.7 Å². The number of nitrogens with one attached hydrogen (secondary N) is 1. The molecule has 0 atom stereocenters. The molecule has 0 saturated carbocycles. The minimum atomic E-state index is -4.48. The first kappa shape index (κ1) is 17.7. The molecular weight excluding hydrogens is 325 g/mol. The lowest BCUT2D eigenvalue weighted by atomic mass is 10.1. The van der Waals surface area contributed by atoms with Crippen molar-refractivity contribution in [3.63, 3.8) is 0 Å². The Kier molecular flexibility index (Phi) is 5.03. The maximum Gasteiger partial charge on any atom is 0.416 e. The fourth-order valence-electron chi connectivity index (χ4n) is 1.97. The highest BCUT2D eigenvalue weighted by atomic mass is 19.4. The highest BCUT2D eigenvalue weighted by Crippen LogP contribution is 2.31. The van der Waals surface area contributed by atoms with Crippen LogP contribution in [0, 0.1) is 0 Å². The monoisotopic (exact) mass is 340 g/mol. The standard InChI is InChI=1S/C15H15F3N4O2/c1-22(2)12-7-11(8-13(23)21-24)19-14(20-12)9-4-3-5-10(6-9)15(16,17)18/h3-7,24H,8H2,1-2H3,(H,21,23). The summed E-state index contributed by atoms with van der Waals surface area (Å²) in [5.41, 5.74) is 1.13. The van der Waals surface area contributed by atoms with Gasteiger partial charge in [0.2, 0.25) is 5.91 Å². The molecule has 2 aromatic rings. The van der Waals surface area contributed by atoms with Crippen LogP contribution < -0.4 is 10.4 Å². The van der Waals surface area contributed by atoms with E-state index in [0.717, 1.165) is 12.1 Å². The number of hydrogen-bond acceptors (Lipinski definition) is 5. The smallest absolute Gasteiger partial charge is 0.363 e. The van der Waals surface area contributed by atoms with E-state index in [1.165, 1.54) is 23.7 Å². The van der Waals surface area contributed by atoms with Gasteiger partial charge < -0.3 is 4.90 Å². The highest BCUT2D eigenvalue weighted by Gasteiger charge is 2.30. The number of hydroxylamine groups is 1. The number of anilines is 1. The molecule has 2 N–H and O–H groups in total. The number of rotatable bonds is 4. The molecule has 6 nitrogen and oxygen atoms in total. The van der Waals surface area contributed by atoms with Crippen molar-refractivity contribution in [1.82, 2.24) is 15.4 Å². The van der Waals surface area contributed by atoms with Crippen molar-refractivity contribution in [3.05, 3.63) is 41.6 Å². The van der Waals surface area contributed by atoms with E-state index in [1.807, 2.05) is 0 Å². The summed E-state index contributed by atoms with van der Waals surface area (Å²) >= 11 is 0. The first-order chi connectivity index (χ1) is 11.2. The first-order valence-electron chi connectivity index (χ1n) is 6.86. The van der Waals surface area contributed by atoms with Crippen molar-refractivity contribution in [2.75, 3.05) is 19.0 Å². The van der Waals surface area contributed by atoms with E-state index in [0.29, 0.717) is 5.82 Å². The average molecular weight is 340 g/mol. The predicted octanol–water partition coefficient (Wildman–Crippen LogP) is 2.28. The number of carbonyl (C=O) groups excluding carboxylic acids is 1. The van der Waals surface area contributed by atoms with Crippen LogP contribution in [0.25, 0.3) is 11.4 Å². The molecule has 0 aliphatic rings. The van der Waals surface area contributed by atoms with Gasteiger partial charge in [0.15, 0.2) is 5.82 Å². The fraction of sp³-hybridized carbons (Fsp3) is 0.267. The van der Waals surface area contributed by atoms with Crippen LogP contribution in [0.1, 0.15) is 11.3 Å². The number of benzene rings is 1. The minimum Gasteiger partial charge on any atom is -0.363 e. The van der Waals surface area contributed by atoms with E-state index < -0.39 is 17.6 Å². The molecule has 0 spiro atoms. The maximum atomic E-state index is 12.9. The van der Waals surface area contributed by atoms with E-state index in [1.54, 1.807) is 19.0 Å². The van der Waals surface area contributed by atoms with Crippen LogP contribution in [-0.4, -0.2) is 35.2 Å². The van der Waals surface area contributed by atoms with Crippen LogP contribution in [0.4, 0.5) is 19.0 Å². The van der Waals surface area contributed by atoms with Crippen molar-refractivity contribution in [2.45, 2.75) is 12.6 Å². The van der Waals surface area contributed by atoms with Gasteiger partial charge in [-0.05, 0) is 12.1 Å². The molecule has 0 radical (unpaired) electrons. The normalized spacial score (nSPS) is 11.2. The number of carbonyl (C=O) groups is 1. The van der Waals surface area contributed by atoms with Crippen molar-refractivity contribution in [3.8, 4) is 11.4 Å². The van der Waals surface area contributed by atoms with Crippen molar-refractivity contribution < 1.29 is 23.2 Å². The van der Waals surface area contributed by atoms with Crippen LogP contribution in [0.5, 0.6) is 0 Å². The summed E-state index contributed by atoms with van der Waals surface area (Å²) in [5.74, 6) is -0.195. The SMILES string of the molecule is CN(C)c1cc(CC(=O)NO)nc(-c2cccc(C(F)(F)F)c2)n1. The van der Waals surface area contributed by atoms with Gasteiger partial charge in [-0.15, -0.1) is 0 Å². The second kappa shape index (κ2) is 6.83. The molecule has 0 saturated heterocycles. The average Bonchev–Trinajstić information content (AvgIpc) is 2.53. The van der Waals surface area contributed by atoms with Crippen LogP contribution >= 0.6 is 0 Å². The molecule has 9 heteroatoms. The summed E-state index contributed by atoms with van der Waals surface area (Å²) in [4.78, 5) is 21.3. The van der Waals surface area contributed by atoms with Gasteiger partial charge in [0.05, 0.1) is 17.7 Å². The van der Waals surface area contributed by atoms with Gasteiger partial charge in [0.25, 0.3) is 0 Å². The van der Waals surface area contributed by atoms with E-state index in [-0.39, 0.29) is 23.5 Å². The van der Waals surface area contributed by atoms with E-state index in [4.69, 9.17) is 5.21 Å². The predicted molar refractivity (Wildman–Crippen MR) is 80.4 cm³/mol. The molecule has 0 bridgehead atoms. The molecule has 1 aromatic carbocycles. The summed E-state index contributed by atoms with van der Waals surface area (Å²) in [6, 6.07) is 6.15.